The molecule has 1 aliphatic rings. The maximum atomic E-state index is 9.90. The van der Waals surface area contributed by atoms with Crippen LogP contribution in [0.3, 0.4) is 0 Å². The van der Waals surface area contributed by atoms with E-state index in [0.29, 0.717) is 17.1 Å². The fourth-order valence-corrected chi connectivity index (χ4v) is 2.48. The predicted molar refractivity (Wildman–Crippen MR) is 76.1 cm³/mol. The number of anilines is 1. The summed E-state index contributed by atoms with van der Waals surface area (Å²) in [6, 6.07) is 8.93. The quantitative estimate of drug-likeness (QED) is 0.877. The highest BCUT2D eigenvalue weighted by Gasteiger charge is 2.20. The molecule has 5 nitrogen and oxygen atoms in total. The molecule has 1 atom stereocenters. The SMILES string of the molecule is Nc1nnc(-c2ccccc2O)cc1[C@H]1CCCCO1. The molecule has 0 spiro atoms. The summed E-state index contributed by atoms with van der Waals surface area (Å²) in [5.74, 6) is 0.582. The second kappa shape index (κ2) is 5.46. The van der Waals surface area contributed by atoms with Crippen molar-refractivity contribution < 1.29 is 9.84 Å². The van der Waals surface area contributed by atoms with Crippen molar-refractivity contribution in [3.63, 3.8) is 0 Å². The van der Waals surface area contributed by atoms with E-state index >= 15 is 0 Å². The van der Waals surface area contributed by atoms with Gasteiger partial charge in [-0.05, 0) is 37.5 Å². The van der Waals surface area contributed by atoms with E-state index in [9.17, 15) is 5.11 Å². The molecule has 104 valence electrons. The van der Waals surface area contributed by atoms with Gasteiger partial charge in [-0.2, -0.15) is 0 Å². The third-order valence-corrected chi connectivity index (χ3v) is 3.56. The summed E-state index contributed by atoms with van der Waals surface area (Å²) in [7, 11) is 0. The van der Waals surface area contributed by atoms with Gasteiger partial charge in [-0.15, -0.1) is 10.2 Å². The number of benzene rings is 1. The van der Waals surface area contributed by atoms with Crippen molar-refractivity contribution in [3.05, 3.63) is 35.9 Å². The second-order valence-electron chi connectivity index (χ2n) is 4.94. The number of hydrogen-bond donors (Lipinski definition) is 2. The first-order valence-electron chi connectivity index (χ1n) is 6.79. The summed E-state index contributed by atoms with van der Waals surface area (Å²) in [6.45, 7) is 0.748. The number of hydrogen-bond acceptors (Lipinski definition) is 5. The smallest absolute Gasteiger partial charge is 0.151 e. The average molecular weight is 271 g/mol. The highest BCUT2D eigenvalue weighted by Crippen LogP contribution is 2.34. The van der Waals surface area contributed by atoms with Crippen LogP contribution in [0.25, 0.3) is 11.3 Å². The van der Waals surface area contributed by atoms with Crippen LogP contribution in [0.5, 0.6) is 5.75 Å². The summed E-state index contributed by atoms with van der Waals surface area (Å²) in [4.78, 5) is 0. The number of para-hydroxylation sites is 1. The minimum absolute atomic E-state index is 0.0242. The van der Waals surface area contributed by atoms with Gasteiger partial charge in [0, 0.05) is 17.7 Å². The molecule has 0 unspecified atom stereocenters. The summed E-state index contributed by atoms with van der Waals surface area (Å²) in [5, 5.41) is 18.0. The van der Waals surface area contributed by atoms with Crippen molar-refractivity contribution in [3.8, 4) is 17.0 Å². The van der Waals surface area contributed by atoms with Crippen LogP contribution in [0, 0.1) is 0 Å². The Kier molecular flexibility index (Phi) is 3.52. The van der Waals surface area contributed by atoms with Gasteiger partial charge in [0.1, 0.15) is 5.75 Å². The van der Waals surface area contributed by atoms with E-state index in [-0.39, 0.29) is 11.9 Å². The van der Waals surface area contributed by atoms with Gasteiger partial charge in [0.2, 0.25) is 0 Å². The van der Waals surface area contributed by atoms with Crippen LogP contribution in [0.4, 0.5) is 5.82 Å². The Morgan fingerprint density at radius 2 is 2.05 bits per heavy atom. The zero-order chi connectivity index (χ0) is 13.9. The van der Waals surface area contributed by atoms with E-state index in [0.717, 1.165) is 31.4 Å². The minimum atomic E-state index is -0.0242. The van der Waals surface area contributed by atoms with Crippen molar-refractivity contribution in [1.29, 1.82) is 0 Å². The minimum Gasteiger partial charge on any atom is -0.507 e. The van der Waals surface area contributed by atoms with Gasteiger partial charge in [0.25, 0.3) is 0 Å². The maximum absolute atomic E-state index is 9.90. The summed E-state index contributed by atoms with van der Waals surface area (Å²) in [6.07, 6.45) is 3.12. The fourth-order valence-electron chi connectivity index (χ4n) is 2.48. The molecule has 20 heavy (non-hydrogen) atoms. The van der Waals surface area contributed by atoms with E-state index < -0.39 is 0 Å². The summed E-state index contributed by atoms with van der Waals surface area (Å²) >= 11 is 0. The normalized spacial score (nSPS) is 18.9. The molecule has 3 N–H and O–H groups in total. The van der Waals surface area contributed by atoms with Crippen LogP contribution in [0.15, 0.2) is 30.3 Å². The van der Waals surface area contributed by atoms with Crippen molar-refractivity contribution in [2.75, 3.05) is 12.3 Å². The Hall–Kier alpha value is -2.14. The van der Waals surface area contributed by atoms with Crippen LogP contribution in [0.2, 0.25) is 0 Å². The molecule has 2 aromatic rings. The zero-order valence-electron chi connectivity index (χ0n) is 11.1. The number of ether oxygens (including phenoxy) is 1. The predicted octanol–water partition coefficient (Wildman–Crippen LogP) is 2.67. The van der Waals surface area contributed by atoms with Crippen LogP contribution >= 0.6 is 0 Å². The number of phenolic OH excluding ortho intramolecular Hbond substituents is 1. The Labute approximate surface area is 117 Å². The van der Waals surface area contributed by atoms with E-state index in [1.165, 1.54) is 0 Å². The van der Waals surface area contributed by atoms with Crippen LogP contribution in [0.1, 0.15) is 30.9 Å². The van der Waals surface area contributed by atoms with Gasteiger partial charge in [-0.1, -0.05) is 12.1 Å². The lowest BCUT2D eigenvalue weighted by Crippen LogP contribution is -2.14. The second-order valence-corrected chi connectivity index (χ2v) is 4.94. The first kappa shape index (κ1) is 12.9. The fraction of sp³-hybridized carbons (Fsp3) is 0.333. The van der Waals surface area contributed by atoms with Gasteiger partial charge >= 0.3 is 0 Å². The van der Waals surface area contributed by atoms with Gasteiger partial charge < -0.3 is 15.6 Å². The van der Waals surface area contributed by atoms with Crippen LogP contribution in [-0.4, -0.2) is 21.9 Å². The molecule has 0 bridgehead atoms. The lowest BCUT2D eigenvalue weighted by molar-refractivity contribution is 0.0152. The molecule has 0 amide bonds. The molecule has 3 rings (SSSR count). The molecular formula is C15H17N3O2. The molecule has 2 heterocycles. The van der Waals surface area contributed by atoms with Gasteiger partial charge in [0.05, 0.1) is 11.8 Å². The number of rotatable bonds is 2. The van der Waals surface area contributed by atoms with Gasteiger partial charge in [-0.25, -0.2) is 0 Å². The molecule has 1 aliphatic heterocycles. The number of nitrogen functional groups attached to an aromatic ring is 1. The lowest BCUT2D eigenvalue weighted by atomic mass is 10.0. The van der Waals surface area contributed by atoms with Crippen LogP contribution < -0.4 is 5.73 Å². The topological polar surface area (TPSA) is 81.3 Å². The molecule has 1 aromatic heterocycles. The number of aromatic hydroxyl groups is 1. The van der Waals surface area contributed by atoms with Crippen molar-refractivity contribution in [2.24, 2.45) is 0 Å². The molecule has 0 aliphatic carbocycles. The van der Waals surface area contributed by atoms with Gasteiger partial charge in [0.15, 0.2) is 5.82 Å². The average Bonchev–Trinajstić information content (AvgIpc) is 2.49. The molecule has 1 saturated heterocycles. The standard InChI is InChI=1S/C15H17N3O2/c16-15-11(14-7-3-4-8-20-14)9-12(17-18-15)10-5-1-2-6-13(10)19/h1-2,5-6,9,14,19H,3-4,7-8H2,(H2,16,18)/t14-/m1/s1. The number of phenols is 1. The van der Waals surface area contributed by atoms with E-state index in [1.807, 2.05) is 12.1 Å². The lowest BCUT2D eigenvalue weighted by Gasteiger charge is -2.23. The highest BCUT2D eigenvalue weighted by atomic mass is 16.5. The largest absolute Gasteiger partial charge is 0.507 e. The van der Waals surface area contributed by atoms with Crippen molar-refractivity contribution >= 4 is 5.82 Å². The molecule has 1 aromatic carbocycles. The highest BCUT2D eigenvalue weighted by molar-refractivity contribution is 5.67. The monoisotopic (exact) mass is 271 g/mol. The van der Waals surface area contributed by atoms with Gasteiger partial charge in [-0.3, -0.25) is 0 Å². The summed E-state index contributed by atoms with van der Waals surface area (Å²) < 4.78 is 5.76. The third kappa shape index (κ3) is 2.44. The van der Waals surface area contributed by atoms with Crippen molar-refractivity contribution in [1.82, 2.24) is 10.2 Å². The Morgan fingerprint density at radius 1 is 1.20 bits per heavy atom. The Balaban J connectivity index is 2.00. The Morgan fingerprint density at radius 3 is 2.80 bits per heavy atom. The van der Waals surface area contributed by atoms with E-state index in [1.54, 1.807) is 18.2 Å². The molecule has 5 heteroatoms. The first-order chi connectivity index (χ1) is 9.75. The number of nitrogens with two attached hydrogens (primary N) is 1. The van der Waals surface area contributed by atoms with Crippen LogP contribution in [-0.2, 0) is 4.74 Å². The third-order valence-electron chi connectivity index (χ3n) is 3.56. The maximum Gasteiger partial charge on any atom is 0.151 e. The van der Waals surface area contributed by atoms with E-state index in [2.05, 4.69) is 10.2 Å². The Bertz CT molecular complexity index is 610. The van der Waals surface area contributed by atoms with E-state index in [4.69, 9.17) is 10.5 Å². The zero-order valence-corrected chi connectivity index (χ0v) is 11.1. The van der Waals surface area contributed by atoms with Crippen molar-refractivity contribution in [2.45, 2.75) is 25.4 Å². The number of nitrogens with zero attached hydrogens (tertiary/aromatic N) is 2. The molecular weight excluding hydrogens is 254 g/mol. The molecule has 1 fully saturated rings. The molecule has 0 saturated carbocycles. The first-order valence-corrected chi connectivity index (χ1v) is 6.79. The summed E-state index contributed by atoms with van der Waals surface area (Å²) in [5.41, 5.74) is 8.04. The molecule has 0 radical (unpaired) electrons. The number of aromatic nitrogens is 2.